The number of carbonyl (C=O) groups excluding carboxylic acids is 1. The maximum absolute atomic E-state index is 13.2. The third-order valence-corrected chi connectivity index (χ3v) is 5.06. The van der Waals surface area contributed by atoms with Gasteiger partial charge in [-0.1, -0.05) is 17.7 Å². The van der Waals surface area contributed by atoms with Gasteiger partial charge in [-0.05, 0) is 31.2 Å². The summed E-state index contributed by atoms with van der Waals surface area (Å²) in [6.07, 6.45) is 5.19. The standard InChI is InChI=1S/C19H16ClN3O2S/c1-3-8-23(12-14-6-7-16(20)26-14)18(24)17-13(2)25-19(15(17)11-21)22-9-4-5-10-22/h3-7,9-10H,1,8,12H2,2H3. The molecule has 3 heterocycles. The minimum atomic E-state index is -0.273. The highest BCUT2D eigenvalue weighted by Gasteiger charge is 2.28. The summed E-state index contributed by atoms with van der Waals surface area (Å²) in [5.41, 5.74) is 0.502. The number of aryl methyl sites for hydroxylation is 1. The van der Waals surface area contributed by atoms with E-state index >= 15 is 0 Å². The Labute approximate surface area is 160 Å². The maximum Gasteiger partial charge on any atom is 0.259 e. The smallest absolute Gasteiger partial charge is 0.259 e. The van der Waals surface area contributed by atoms with E-state index in [0.29, 0.717) is 29.1 Å². The number of nitriles is 1. The van der Waals surface area contributed by atoms with Gasteiger partial charge in [-0.25, -0.2) is 0 Å². The summed E-state index contributed by atoms with van der Waals surface area (Å²) >= 11 is 7.40. The maximum atomic E-state index is 13.2. The minimum Gasteiger partial charge on any atom is -0.443 e. The zero-order chi connectivity index (χ0) is 18.7. The molecule has 0 radical (unpaired) electrons. The first-order valence-electron chi connectivity index (χ1n) is 7.86. The van der Waals surface area contributed by atoms with Crippen LogP contribution in [0.3, 0.4) is 0 Å². The van der Waals surface area contributed by atoms with Crippen molar-refractivity contribution >= 4 is 28.8 Å². The topological polar surface area (TPSA) is 62.2 Å². The number of aromatic nitrogens is 1. The summed E-state index contributed by atoms with van der Waals surface area (Å²) in [6, 6.07) is 9.44. The van der Waals surface area contributed by atoms with Gasteiger partial charge in [-0.3, -0.25) is 9.36 Å². The van der Waals surface area contributed by atoms with E-state index in [0.717, 1.165) is 4.88 Å². The van der Waals surface area contributed by atoms with Gasteiger partial charge < -0.3 is 9.32 Å². The molecule has 0 bridgehead atoms. The number of hydrogen-bond donors (Lipinski definition) is 0. The molecule has 3 rings (SSSR count). The number of thiophene rings is 1. The lowest BCUT2D eigenvalue weighted by atomic mass is 10.1. The van der Waals surface area contributed by atoms with Crippen molar-refractivity contribution in [1.82, 2.24) is 9.47 Å². The quantitative estimate of drug-likeness (QED) is 0.573. The Morgan fingerprint density at radius 1 is 1.46 bits per heavy atom. The van der Waals surface area contributed by atoms with Crippen LogP contribution in [0, 0.1) is 18.3 Å². The molecular weight excluding hydrogens is 370 g/mol. The molecule has 0 fully saturated rings. The highest BCUT2D eigenvalue weighted by Crippen LogP contribution is 2.28. The van der Waals surface area contributed by atoms with Gasteiger partial charge in [0.25, 0.3) is 5.91 Å². The molecule has 132 valence electrons. The fourth-order valence-corrected chi connectivity index (χ4v) is 3.80. The molecule has 7 heteroatoms. The largest absolute Gasteiger partial charge is 0.443 e. The van der Waals surface area contributed by atoms with Gasteiger partial charge in [0, 0.05) is 23.8 Å². The van der Waals surface area contributed by atoms with Gasteiger partial charge in [0.2, 0.25) is 5.88 Å². The van der Waals surface area contributed by atoms with E-state index in [2.05, 4.69) is 12.6 Å². The molecule has 0 saturated heterocycles. The third kappa shape index (κ3) is 3.45. The van der Waals surface area contributed by atoms with Crippen LogP contribution in [0.25, 0.3) is 5.88 Å². The van der Waals surface area contributed by atoms with E-state index in [9.17, 15) is 10.1 Å². The van der Waals surface area contributed by atoms with Crippen LogP contribution < -0.4 is 0 Å². The molecule has 3 aromatic rings. The molecular formula is C19H16ClN3O2S. The number of furan rings is 1. The predicted octanol–water partition coefficient (Wildman–Crippen LogP) is 4.79. The van der Waals surface area contributed by atoms with Crippen LogP contribution >= 0.6 is 22.9 Å². The van der Waals surface area contributed by atoms with Gasteiger partial charge in [0.15, 0.2) is 0 Å². The zero-order valence-electron chi connectivity index (χ0n) is 14.1. The molecule has 0 saturated carbocycles. The van der Waals surface area contributed by atoms with Crippen molar-refractivity contribution in [3.63, 3.8) is 0 Å². The Kier molecular flexibility index (Phi) is 5.31. The molecule has 5 nitrogen and oxygen atoms in total. The lowest BCUT2D eigenvalue weighted by molar-refractivity contribution is 0.0762. The molecule has 0 aromatic carbocycles. The Bertz CT molecular complexity index is 979. The summed E-state index contributed by atoms with van der Waals surface area (Å²) in [5.74, 6) is 0.482. The van der Waals surface area contributed by atoms with Crippen LogP contribution in [0.4, 0.5) is 0 Å². The highest BCUT2D eigenvalue weighted by atomic mass is 35.5. The van der Waals surface area contributed by atoms with E-state index in [1.54, 1.807) is 40.9 Å². The minimum absolute atomic E-state index is 0.224. The van der Waals surface area contributed by atoms with Crippen molar-refractivity contribution in [1.29, 1.82) is 5.26 Å². The molecule has 0 aliphatic carbocycles. The number of nitrogens with zero attached hydrogens (tertiary/aromatic N) is 3. The SMILES string of the molecule is C=CCN(Cc1ccc(Cl)s1)C(=O)c1c(C)oc(-n2cccc2)c1C#N. The van der Waals surface area contributed by atoms with Crippen LogP contribution in [0.2, 0.25) is 4.34 Å². The lowest BCUT2D eigenvalue weighted by Crippen LogP contribution is -2.31. The monoisotopic (exact) mass is 385 g/mol. The van der Waals surface area contributed by atoms with Crippen molar-refractivity contribution < 1.29 is 9.21 Å². The Balaban J connectivity index is 1.99. The molecule has 0 unspecified atom stereocenters. The number of hydrogen-bond acceptors (Lipinski definition) is 4. The van der Waals surface area contributed by atoms with Crippen LogP contribution in [0.5, 0.6) is 0 Å². The first kappa shape index (κ1) is 18.1. The molecule has 3 aromatic heterocycles. The summed E-state index contributed by atoms with van der Waals surface area (Å²) in [5, 5.41) is 9.64. The summed E-state index contributed by atoms with van der Waals surface area (Å²) in [4.78, 5) is 15.7. The van der Waals surface area contributed by atoms with E-state index in [1.807, 2.05) is 18.2 Å². The van der Waals surface area contributed by atoms with Crippen LogP contribution in [-0.2, 0) is 6.54 Å². The Morgan fingerprint density at radius 3 is 2.77 bits per heavy atom. The van der Waals surface area contributed by atoms with Crippen LogP contribution in [0.1, 0.15) is 26.6 Å². The van der Waals surface area contributed by atoms with Gasteiger partial charge >= 0.3 is 0 Å². The van der Waals surface area contributed by atoms with Gasteiger partial charge in [0.1, 0.15) is 23.0 Å². The average Bonchev–Trinajstić information content (AvgIpc) is 3.33. The second kappa shape index (κ2) is 7.65. The number of amides is 1. The Hall–Kier alpha value is -2.75. The average molecular weight is 386 g/mol. The molecule has 0 atom stereocenters. The van der Waals surface area contributed by atoms with Crippen molar-refractivity contribution in [2.45, 2.75) is 13.5 Å². The lowest BCUT2D eigenvalue weighted by Gasteiger charge is -2.20. The van der Waals surface area contributed by atoms with E-state index in [1.165, 1.54) is 11.3 Å². The van der Waals surface area contributed by atoms with Crippen LogP contribution in [-0.4, -0.2) is 21.9 Å². The van der Waals surface area contributed by atoms with Gasteiger partial charge in [-0.15, -0.1) is 17.9 Å². The van der Waals surface area contributed by atoms with E-state index in [-0.39, 0.29) is 17.0 Å². The van der Waals surface area contributed by atoms with Crippen molar-refractivity contribution in [2.75, 3.05) is 6.54 Å². The number of rotatable bonds is 6. The number of carbonyl (C=O) groups is 1. The van der Waals surface area contributed by atoms with Crippen molar-refractivity contribution in [3.8, 4) is 12.0 Å². The van der Waals surface area contributed by atoms with Gasteiger partial charge in [0.05, 0.1) is 10.9 Å². The molecule has 0 aliphatic rings. The fourth-order valence-electron chi connectivity index (χ4n) is 2.70. The summed E-state index contributed by atoms with van der Waals surface area (Å²) in [7, 11) is 0. The van der Waals surface area contributed by atoms with Gasteiger partial charge in [-0.2, -0.15) is 5.26 Å². The second-order valence-corrected chi connectivity index (χ2v) is 7.40. The normalized spacial score (nSPS) is 10.5. The van der Waals surface area contributed by atoms with E-state index in [4.69, 9.17) is 16.0 Å². The fraction of sp³-hybridized carbons (Fsp3) is 0.158. The highest BCUT2D eigenvalue weighted by molar-refractivity contribution is 7.16. The Morgan fingerprint density at radius 2 is 2.19 bits per heavy atom. The molecule has 0 aliphatic heterocycles. The third-order valence-electron chi connectivity index (χ3n) is 3.84. The van der Waals surface area contributed by atoms with Crippen molar-refractivity contribution in [2.24, 2.45) is 0 Å². The predicted molar refractivity (Wildman–Crippen MR) is 102 cm³/mol. The summed E-state index contributed by atoms with van der Waals surface area (Å²) in [6.45, 7) is 6.15. The molecule has 0 N–H and O–H groups in total. The molecule has 0 spiro atoms. The number of halogens is 1. The molecule has 26 heavy (non-hydrogen) atoms. The zero-order valence-corrected chi connectivity index (χ0v) is 15.7. The summed E-state index contributed by atoms with van der Waals surface area (Å²) < 4.78 is 8.08. The molecule has 1 amide bonds. The second-order valence-electron chi connectivity index (χ2n) is 5.60. The first-order valence-corrected chi connectivity index (χ1v) is 9.05. The van der Waals surface area contributed by atoms with Crippen molar-refractivity contribution in [3.05, 3.63) is 75.4 Å². The van der Waals surface area contributed by atoms with E-state index < -0.39 is 0 Å². The van der Waals surface area contributed by atoms with Crippen LogP contribution in [0.15, 0.2) is 53.7 Å². The first-order chi connectivity index (χ1) is 12.5.